The second-order valence-corrected chi connectivity index (χ2v) is 3.78. The van der Waals surface area contributed by atoms with Gasteiger partial charge in [-0.15, -0.1) is 0 Å². The van der Waals surface area contributed by atoms with Crippen LogP contribution in [0, 0.1) is 0 Å². The van der Waals surface area contributed by atoms with Crippen LogP contribution in [0.25, 0.3) is 11.3 Å². The number of nitrogens with zero attached hydrogens (tertiary/aromatic N) is 1. The number of hydrogen-bond donors (Lipinski definition) is 1. The lowest BCUT2D eigenvalue weighted by Crippen LogP contribution is -1.87. The van der Waals surface area contributed by atoms with E-state index < -0.39 is 0 Å². The van der Waals surface area contributed by atoms with E-state index in [0.29, 0.717) is 18.8 Å². The highest BCUT2D eigenvalue weighted by atomic mass is 16.5. The van der Waals surface area contributed by atoms with Gasteiger partial charge in [-0.25, -0.2) is 0 Å². The third kappa shape index (κ3) is 2.93. The smallest absolute Gasteiger partial charge is 0.139 e. The molecule has 1 aromatic carbocycles. The quantitative estimate of drug-likeness (QED) is 0.858. The summed E-state index contributed by atoms with van der Waals surface area (Å²) in [5.74, 6) is 0.698. The van der Waals surface area contributed by atoms with Crippen LogP contribution in [0.15, 0.2) is 34.9 Å². The lowest BCUT2D eigenvalue weighted by Gasteiger charge is -2.00. The molecule has 0 spiro atoms. The summed E-state index contributed by atoms with van der Waals surface area (Å²) in [6, 6.07) is 9.81. The molecular formula is C13H15NO3. The van der Waals surface area contributed by atoms with Gasteiger partial charge in [0.05, 0.1) is 13.2 Å². The van der Waals surface area contributed by atoms with Crippen LogP contribution in [0.1, 0.15) is 11.3 Å². The SMILES string of the molecule is COCc1ccc(-c2cc(CCO)on2)cc1. The Morgan fingerprint density at radius 2 is 2.06 bits per heavy atom. The summed E-state index contributed by atoms with van der Waals surface area (Å²) in [6.45, 7) is 0.677. The number of methoxy groups -OCH3 is 1. The topological polar surface area (TPSA) is 55.5 Å². The number of aliphatic hydroxyl groups excluding tert-OH is 1. The fourth-order valence-electron chi connectivity index (χ4n) is 1.62. The van der Waals surface area contributed by atoms with Gasteiger partial charge in [-0.2, -0.15) is 0 Å². The highest BCUT2D eigenvalue weighted by Gasteiger charge is 2.05. The van der Waals surface area contributed by atoms with Crippen LogP contribution < -0.4 is 0 Å². The molecule has 0 saturated heterocycles. The van der Waals surface area contributed by atoms with Gasteiger partial charge in [-0.3, -0.25) is 0 Å². The number of hydrogen-bond acceptors (Lipinski definition) is 4. The number of benzene rings is 1. The van der Waals surface area contributed by atoms with Crippen molar-refractivity contribution in [3.63, 3.8) is 0 Å². The van der Waals surface area contributed by atoms with Crippen molar-refractivity contribution in [3.05, 3.63) is 41.7 Å². The Hall–Kier alpha value is -1.65. The zero-order valence-corrected chi connectivity index (χ0v) is 9.72. The van der Waals surface area contributed by atoms with Crippen molar-refractivity contribution in [2.75, 3.05) is 13.7 Å². The molecule has 1 aromatic heterocycles. The Morgan fingerprint density at radius 1 is 1.29 bits per heavy atom. The normalized spacial score (nSPS) is 10.7. The largest absolute Gasteiger partial charge is 0.396 e. The third-order valence-corrected chi connectivity index (χ3v) is 2.48. The van der Waals surface area contributed by atoms with Crippen molar-refractivity contribution in [2.45, 2.75) is 13.0 Å². The molecular weight excluding hydrogens is 218 g/mol. The van der Waals surface area contributed by atoms with Gasteiger partial charge in [0.25, 0.3) is 0 Å². The average molecular weight is 233 g/mol. The Bertz CT molecular complexity index is 462. The molecule has 0 atom stereocenters. The van der Waals surface area contributed by atoms with E-state index >= 15 is 0 Å². The minimum absolute atomic E-state index is 0.0708. The molecule has 0 radical (unpaired) electrons. The van der Waals surface area contributed by atoms with E-state index in [2.05, 4.69) is 5.16 Å². The predicted molar refractivity (Wildman–Crippen MR) is 63.4 cm³/mol. The van der Waals surface area contributed by atoms with Crippen molar-refractivity contribution in [1.29, 1.82) is 0 Å². The first kappa shape index (κ1) is 11.8. The van der Waals surface area contributed by atoms with Crippen LogP contribution >= 0.6 is 0 Å². The van der Waals surface area contributed by atoms with E-state index in [1.807, 2.05) is 30.3 Å². The molecule has 2 aromatic rings. The Balaban J connectivity index is 2.15. The highest BCUT2D eigenvalue weighted by molar-refractivity contribution is 5.59. The molecule has 0 aliphatic heterocycles. The first-order chi connectivity index (χ1) is 8.33. The van der Waals surface area contributed by atoms with Crippen LogP contribution in [0.5, 0.6) is 0 Å². The molecule has 17 heavy (non-hydrogen) atoms. The molecule has 2 rings (SSSR count). The van der Waals surface area contributed by atoms with Gasteiger partial charge < -0.3 is 14.4 Å². The summed E-state index contributed by atoms with van der Waals surface area (Å²) in [5.41, 5.74) is 2.91. The van der Waals surface area contributed by atoms with E-state index in [9.17, 15) is 0 Å². The molecule has 0 bridgehead atoms. The molecule has 0 aliphatic rings. The molecule has 0 amide bonds. The summed E-state index contributed by atoms with van der Waals surface area (Å²) in [7, 11) is 1.67. The van der Waals surface area contributed by atoms with Crippen molar-refractivity contribution < 1.29 is 14.4 Å². The average Bonchev–Trinajstić information content (AvgIpc) is 2.80. The maximum absolute atomic E-state index is 8.79. The van der Waals surface area contributed by atoms with Gasteiger partial charge in [0.1, 0.15) is 11.5 Å². The Kier molecular flexibility index (Phi) is 3.90. The summed E-state index contributed by atoms with van der Waals surface area (Å²) in [6.07, 6.45) is 0.495. The molecule has 4 heteroatoms. The van der Waals surface area contributed by atoms with E-state index in [0.717, 1.165) is 16.8 Å². The van der Waals surface area contributed by atoms with E-state index in [-0.39, 0.29) is 6.61 Å². The predicted octanol–water partition coefficient (Wildman–Crippen LogP) is 2.02. The lowest BCUT2D eigenvalue weighted by atomic mass is 10.1. The van der Waals surface area contributed by atoms with Gasteiger partial charge in [0.2, 0.25) is 0 Å². The van der Waals surface area contributed by atoms with E-state index in [4.69, 9.17) is 14.4 Å². The van der Waals surface area contributed by atoms with Crippen molar-refractivity contribution in [3.8, 4) is 11.3 Å². The van der Waals surface area contributed by atoms with Crippen LogP contribution in [0.4, 0.5) is 0 Å². The molecule has 1 heterocycles. The van der Waals surface area contributed by atoms with Gasteiger partial charge in [-0.1, -0.05) is 29.4 Å². The van der Waals surface area contributed by atoms with Crippen LogP contribution in [0.2, 0.25) is 0 Å². The first-order valence-corrected chi connectivity index (χ1v) is 5.48. The van der Waals surface area contributed by atoms with Gasteiger partial charge >= 0.3 is 0 Å². The van der Waals surface area contributed by atoms with E-state index in [1.165, 1.54) is 0 Å². The molecule has 4 nitrogen and oxygen atoms in total. The zero-order valence-electron chi connectivity index (χ0n) is 9.72. The molecule has 0 aliphatic carbocycles. The highest BCUT2D eigenvalue weighted by Crippen LogP contribution is 2.20. The van der Waals surface area contributed by atoms with Gasteiger partial charge in [0, 0.05) is 25.2 Å². The summed E-state index contributed by atoms with van der Waals surface area (Å²) in [5, 5.41) is 12.8. The van der Waals surface area contributed by atoms with Crippen molar-refractivity contribution in [1.82, 2.24) is 5.16 Å². The van der Waals surface area contributed by atoms with Crippen LogP contribution in [0.3, 0.4) is 0 Å². The minimum atomic E-state index is 0.0708. The zero-order chi connectivity index (χ0) is 12.1. The van der Waals surface area contributed by atoms with Crippen molar-refractivity contribution >= 4 is 0 Å². The van der Waals surface area contributed by atoms with Gasteiger partial charge in [0.15, 0.2) is 0 Å². The molecule has 0 fully saturated rings. The Morgan fingerprint density at radius 3 is 2.71 bits per heavy atom. The fraction of sp³-hybridized carbons (Fsp3) is 0.308. The lowest BCUT2D eigenvalue weighted by molar-refractivity contribution is 0.185. The maximum Gasteiger partial charge on any atom is 0.139 e. The number of aromatic nitrogens is 1. The standard InChI is InChI=1S/C13H15NO3/c1-16-9-10-2-4-11(5-3-10)13-8-12(6-7-15)17-14-13/h2-5,8,15H,6-7,9H2,1H3. The number of ether oxygens (including phenoxy) is 1. The minimum Gasteiger partial charge on any atom is -0.396 e. The fourth-order valence-corrected chi connectivity index (χ4v) is 1.62. The Labute approximate surface area is 99.8 Å². The summed E-state index contributed by atoms with van der Waals surface area (Å²) in [4.78, 5) is 0. The molecule has 0 unspecified atom stereocenters. The number of rotatable bonds is 5. The summed E-state index contributed by atoms with van der Waals surface area (Å²) >= 11 is 0. The second-order valence-electron chi connectivity index (χ2n) is 3.78. The maximum atomic E-state index is 8.79. The van der Waals surface area contributed by atoms with Gasteiger partial charge in [-0.05, 0) is 5.56 Å². The first-order valence-electron chi connectivity index (χ1n) is 5.48. The van der Waals surface area contributed by atoms with Crippen LogP contribution in [-0.2, 0) is 17.8 Å². The number of aliphatic hydroxyl groups is 1. The monoisotopic (exact) mass is 233 g/mol. The van der Waals surface area contributed by atoms with Crippen LogP contribution in [-0.4, -0.2) is 24.0 Å². The van der Waals surface area contributed by atoms with Crippen molar-refractivity contribution in [2.24, 2.45) is 0 Å². The second kappa shape index (κ2) is 5.61. The van der Waals surface area contributed by atoms with E-state index in [1.54, 1.807) is 7.11 Å². The molecule has 0 saturated carbocycles. The molecule has 1 N–H and O–H groups in total. The third-order valence-electron chi connectivity index (χ3n) is 2.48. The summed E-state index contributed by atoms with van der Waals surface area (Å²) < 4.78 is 10.2. The molecule has 90 valence electrons.